The molecule has 1 heterocycles. The molecular weight excluding hydrogens is 260 g/mol. The van der Waals surface area contributed by atoms with E-state index >= 15 is 0 Å². The topological polar surface area (TPSA) is 45.0 Å². The van der Waals surface area contributed by atoms with Gasteiger partial charge in [-0.25, -0.2) is 0 Å². The number of nitrogens with zero attached hydrogens (tertiary/aromatic N) is 1. The predicted molar refractivity (Wildman–Crippen MR) is 82.7 cm³/mol. The van der Waals surface area contributed by atoms with Gasteiger partial charge in [-0.3, -0.25) is 0 Å². The molecule has 3 rings (SSSR count). The van der Waals surface area contributed by atoms with Gasteiger partial charge in [-0.05, 0) is 37.5 Å². The Kier molecular flexibility index (Phi) is 3.77. The number of hydrogen-bond donors (Lipinski definition) is 1. The summed E-state index contributed by atoms with van der Waals surface area (Å²) in [6.07, 6.45) is 2.86. The second-order valence-corrected chi connectivity index (χ2v) is 7.02. The molecule has 2 aliphatic rings. The first-order valence-electron chi connectivity index (χ1n) is 7.91. The van der Waals surface area contributed by atoms with Crippen LogP contribution < -0.4 is 5.32 Å². The fourth-order valence-electron chi connectivity index (χ4n) is 4.07. The van der Waals surface area contributed by atoms with Crippen molar-refractivity contribution in [3.05, 3.63) is 35.4 Å². The van der Waals surface area contributed by atoms with E-state index in [0.29, 0.717) is 24.1 Å². The summed E-state index contributed by atoms with van der Waals surface area (Å²) in [5.41, 5.74) is 2.16. The van der Waals surface area contributed by atoms with Gasteiger partial charge >= 0.3 is 0 Å². The highest BCUT2D eigenvalue weighted by Gasteiger charge is 2.57. The summed E-state index contributed by atoms with van der Waals surface area (Å²) in [7, 11) is 0. The van der Waals surface area contributed by atoms with Gasteiger partial charge in [0.15, 0.2) is 0 Å². The number of nitrogens with one attached hydrogen (secondary N) is 1. The minimum absolute atomic E-state index is 0.200. The lowest BCUT2D eigenvalue weighted by molar-refractivity contribution is -0.194. The lowest BCUT2D eigenvalue weighted by Gasteiger charge is -2.60. The van der Waals surface area contributed by atoms with Crippen LogP contribution in [0.15, 0.2) is 24.3 Å². The lowest BCUT2D eigenvalue weighted by Crippen LogP contribution is -2.69. The molecule has 3 nitrogen and oxygen atoms in total. The monoisotopic (exact) mass is 284 g/mol. The van der Waals surface area contributed by atoms with Crippen molar-refractivity contribution in [2.24, 2.45) is 11.3 Å². The van der Waals surface area contributed by atoms with Gasteiger partial charge in [-0.1, -0.05) is 26.0 Å². The van der Waals surface area contributed by atoms with Crippen LogP contribution in [0.3, 0.4) is 0 Å². The second-order valence-electron chi connectivity index (χ2n) is 7.02. The zero-order valence-corrected chi connectivity index (χ0v) is 13.1. The van der Waals surface area contributed by atoms with E-state index in [-0.39, 0.29) is 5.41 Å². The number of benzene rings is 1. The Morgan fingerprint density at radius 3 is 2.71 bits per heavy atom. The third-order valence-corrected chi connectivity index (χ3v) is 5.30. The average molecular weight is 284 g/mol. The van der Waals surface area contributed by atoms with E-state index in [2.05, 4.69) is 44.3 Å². The van der Waals surface area contributed by atoms with Crippen molar-refractivity contribution in [1.29, 1.82) is 5.26 Å². The van der Waals surface area contributed by atoms with Crippen LogP contribution in [0, 0.1) is 22.7 Å². The Morgan fingerprint density at radius 2 is 2.05 bits per heavy atom. The molecule has 1 saturated heterocycles. The van der Waals surface area contributed by atoms with Crippen molar-refractivity contribution in [1.82, 2.24) is 5.32 Å². The maximum absolute atomic E-state index is 8.88. The molecule has 112 valence electrons. The van der Waals surface area contributed by atoms with Crippen molar-refractivity contribution in [2.75, 3.05) is 6.61 Å². The van der Waals surface area contributed by atoms with Gasteiger partial charge in [-0.15, -0.1) is 0 Å². The second kappa shape index (κ2) is 5.44. The Morgan fingerprint density at radius 1 is 1.33 bits per heavy atom. The maximum Gasteiger partial charge on any atom is 0.0991 e. The van der Waals surface area contributed by atoms with Crippen molar-refractivity contribution in [2.45, 2.75) is 51.8 Å². The molecular formula is C18H24N2O. The summed E-state index contributed by atoms with van der Waals surface area (Å²) >= 11 is 0. The third kappa shape index (κ3) is 2.47. The fourth-order valence-corrected chi connectivity index (χ4v) is 4.07. The molecule has 4 unspecified atom stereocenters. The molecule has 4 atom stereocenters. The van der Waals surface area contributed by atoms with E-state index in [1.165, 1.54) is 18.4 Å². The Bertz CT molecular complexity index is 543. The first kappa shape index (κ1) is 14.6. The SMILES string of the molecule is CC(NC1C2CCCOC2C1(C)C)c1ccc(C#N)cc1. The molecule has 1 saturated carbocycles. The molecule has 1 aliphatic heterocycles. The van der Waals surface area contributed by atoms with E-state index in [1.54, 1.807) is 0 Å². The van der Waals surface area contributed by atoms with Crippen LogP contribution in [0.4, 0.5) is 0 Å². The number of ether oxygens (including phenoxy) is 1. The summed E-state index contributed by atoms with van der Waals surface area (Å²) in [6.45, 7) is 7.74. The van der Waals surface area contributed by atoms with Crippen molar-refractivity contribution in [3.8, 4) is 6.07 Å². The molecule has 1 aromatic rings. The van der Waals surface area contributed by atoms with E-state index in [4.69, 9.17) is 10.00 Å². The largest absolute Gasteiger partial charge is 0.377 e. The summed E-state index contributed by atoms with van der Waals surface area (Å²) in [6, 6.07) is 10.9. The lowest BCUT2D eigenvalue weighted by atomic mass is 9.55. The van der Waals surface area contributed by atoms with Crippen molar-refractivity contribution < 1.29 is 4.74 Å². The molecule has 0 amide bonds. The molecule has 3 heteroatoms. The molecule has 0 spiro atoms. The normalized spacial score (nSPS) is 31.6. The van der Waals surface area contributed by atoms with Crippen LogP contribution in [0.1, 0.15) is 50.8 Å². The van der Waals surface area contributed by atoms with Gasteiger partial charge < -0.3 is 10.1 Å². The molecule has 0 radical (unpaired) electrons. The van der Waals surface area contributed by atoms with Crippen LogP contribution in [-0.4, -0.2) is 18.8 Å². The summed E-state index contributed by atoms with van der Waals surface area (Å²) in [5, 5.41) is 12.7. The van der Waals surface area contributed by atoms with Crippen LogP contribution in [-0.2, 0) is 4.74 Å². The zero-order valence-electron chi connectivity index (χ0n) is 13.1. The summed E-state index contributed by atoms with van der Waals surface area (Å²) < 4.78 is 5.96. The first-order valence-corrected chi connectivity index (χ1v) is 7.91. The third-order valence-electron chi connectivity index (χ3n) is 5.30. The molecule has 2 fully saturated rings. The van der Waals surface area contributed by atoms with E-state index in [9.17, 15) is 0 Å². The highest BCUT2D eigenvalue weighted by molar-refractivity contribution is 5.33. The average Bonchev–Trinajstić information content (AvgIpc) is 2.52. The number of rotatable bonds is 3. The molecule has 1 aliphatic carbocycles. The minimum atomic E-state index is 0.200. The van der Waals surface area contributed by atoms with E-state index in [1.807, 2.05) is 12.1 Å². The van der Waals surface area contributed by atoms with Gasteiger partial charge in [0.1, 0.15) is 0 Å². The molecule has 0 bridgehead atoms. The van der Waals surface area contributed by atoms with Gasteiger partial charge in [0.25, 0.3) is 0 Å². The van der Waals surface area contributed by atoms with Crippen LogP contribution >= 0.6 is 0 Å². The predicted octanol–water partition coefficient (Wildman–Crippen LogP) is 3.41. The number of hydrogen-bond acceptors (Lipinski definition) is 3. The van der Waals surface area contributed by atoms with E-state index in [0.717, 1.165) is 12.2 Å². The molecule has 21 heavy (non-hydrogen) atoms. The Labute approximate surface area is 127 Å². The molecule has 1 N–H and O–H groups in total. The molecule has 0 aromatic heterocycles. The summed E-state index contributed by atoms with van der Waals surface area (Å²) in [5.74, 6) is 0.648. The zero-order chi connectivity index (χ0) is 15.0. The minimum Gasteiger partial charge on any atom is -0.377 e. The van der Waals surface area contributed by atoms with E-state index < -0.39 is 0 Å². The number of nitriles is 1. The van der Waals surface area contributed by atoms with Gasteiger partial charge in [0.05, 0.1) is 17.7 Å². The van der Waals surface area contributed by atoms with Crippen LogP contribution in [0.2, 0.25) is 0 Å². The maximum atomic E-state index is 8.88. The highest BCUT2D eigenvalue weighted by Crippen LogP contribution is 2.51. The fraction of sp³-hybridized carbons (Fsp3) is 0.611. The van der Waals surface area contributed by atoms with Gasteiger partial charge in [0, 0.05) is 30.0 Å². The van der Waals surface area contributed by atoms with Crippen LogP contribution in [0.25, 0.3) is 0 Å². The number of fused-ring (bicyclic) bond motifs is 1. The smallest absolute Gasteiger partial charge is 0.0991 e. The van der Waals surface area contributed by atoms with Crippen molar-refractivity contribution >= 4 is 0 Å². The van der Waals surface area contributed by atoms with Gasteiger partial charge in [-0.2, -0.15) is 5.26 Å². The first-order chi connectivity index (χ1) is 10.0. The highest BCUT2D eigenvalue weighted by atomic mass is 16.5. The van der Waals surface area contributed by atoms with Crippen LogP contribution in [0.5, 0.6) is 0 Å². The Balaban J connectivity index is 1.69. The standard InChI is InChI=1S/C18H24N2O/c1-12(14-8-6-13(11-19)7-9-14)20-16-15-5-4-10-21-17(15)18(16,2)3/h6-9,12,15-17,20H,4-5,10H2,1-3H3. The Hall–Kier alpha value is -1.37. The quantitative estimate of drug-likeness (QED) is 0.925. The van der Waals surface area contributed by atoms with Crippen molar-refractivity contribution in [3.63, 3.8) is 0 Å². The van der Waals surface area contributed by atoms with Gasteiger partial charge in [0.2, 0.25) is 0 Å². The summed E-state index contributed by atoms with van der Waals surface area (Å²) in [4.78, 5) is 0. The molecule has 1 aromatic carbocycles.